The number of hydrogen-bond acceptors (Lipinski definition) is 3. The molecule has 0 saturated carbocycles. The molecule has 3 aromatic rings. The number of hydrogen-bond donors (Lipinski definition) is 1. The van der Waals surface area contributed by atoms with Crippen molar-refractivity contribution < 1.29 is 0 Å². The van der Waals surface area contributed by atoms with Gasteiger partial charge in [-0.3, -0.25) is 0 Å². The molecule has 0 aliphatic rings. The number of rotatable bonds is 2. The van der Waals surface area contributed by atoms with Crippen molar-refractivity contribution >= 4 is 34.1 Å². The maximum absolute atomic E-state index is 5.94. The van der Waals surface area contributed by atoms with Crippen LogP contribution < -0.4 is 5.32 Å². The summed E-state index contributed by atoms with van der Waals surface area (Å²) >= 11 is 5.94. The Morgan fingerprint density at radius 1 is 1.11 bits per heavy atom. The molecule has 0 saturated heterocycles. The van der Waals surface area contributed by atoms with Crippen LogP contribution in [0.15, 0.2) is 48.7 Å². The van der Waals surface area contributed by atoms with Crippen molar-refractivity contribution in [2.24, 2.45) is 0 Å². The van der Waals surface area contributed by atoms with Crippen LogP contribution in [0.4, 0.5) is 11.6 Å². The molecule has 0 aliphatic carbocycles. The van der Waals surface area contributed by atoms with Gasteiger partial charge >= 0.3 is 0 Å². The molecule has 0 atom stereocenters. The Kier molecular flexibility index (Phi) is 3.05. The maximum atomic E-state index is 5.94. The quantitative estimate of drug-likeness (QED) is 0.752. The van der Waals surface area contributed by atoms with Gasteiger partial charge in [-0.15, -0.1) is 0 Å². The number of fused-ring (bicyclic) bond motifs is 1. The lowest BCUT2D eigenvalue weighted by Gasteiger charge is -2.08. The fraction of sp³-hybridized carbons (Fsp3) is 0.0667. The molecule has 1 N–H and O–H groups in total. The molecule has 1 aromatic heterocycles. The highest BCUT2D eigenvalue weighted by molar-refractivity contribution is 6.30. The summed E-state index contributed by atoms with van der Waals surface area (Å²) in [7, 11) is 0. The molecule has 2 aromatic carbocycles. The Labute approximate surface area is 116 Å². The van der Waals surface area contributed by atoms with Crippen LogP contribution in [0.25, 0.3) is 10.9 Å². The fourth-order valence-electron chi connectivity index (χ4n) is 1.92. The van der Waals surface area contributed by atoms with E-state index in [2.05, 4.69) is 15.3 Å². The zero-order valence-electron chi connectivity index (χ0n) is 10.4. The zero-order valence-corrected chi connectivity index (χ0v) is 11.1. The van der Waals surface area contributed by atoms with E-state index in [-0.39, 0.29) is 0 Å². The molecular formula is C15H12ClN3. The lowest BCUT2D eigenvalue weighted by molar-refractivity contribution is 1.21. The third-order valence-corrected chi connectivity index (χ3v) is 3.16. The van der Waals surface area contributed by atoms with Gasteiger partial charge in [0.1, 0.15) is 0 Å². The summed E-state index contributed by atoms with van der Waals surface area (Å²) in [4.78, 5) is 8.79. The van der Waals surface area contributed by atoms with E-state index < -0.39 is 0 Å². The summed E-state index contributed by atoms with van der Waals surface area (Å²) < 4.78 is 0. The molecule has 0 spiro atoms. The second-order valence-corrected chi connectivity index (χ2v) is 4.77. The van der Waals surface area contributed by atoms with Crippen LogP contribution in [0.5, 0.6) is 0 Å². The van der Waals surface area contributed by atoms with Gasteiger partial charge in [-0.1, -0.05) is 29.8 Å². The van der Waals surface area contributed by atoms with Crippen molar-refractivity contribution in [2.75, 3.05) is 5.32 Å². The number of nitrogens with zero attached hydrogens (tertiary/aromatic N) is 2. The van der Waals surface area contributed by atoms with E-state index in [4.69, 9.17) is 11.6 Å². The van der Waals surface area contributed by atoms with Crippen molar-refractivity contribution in [1.82, 2.24) is 9.97 Å². The number of aryl methyl sites for hydroxylation is 1. The Morgan fingerprint density at radius 3 is 2.79 bits per heavy atom. The number of nitrogens with one attached hydrogen (secondary N) is 1. The third-order valence-electron chi connectivity index (χ3n) is 2.92. The van der Waals surface area contributed by atoms with Gasteiger partial charge in [0, 0.05) is 22.3 Å². The number of halogens is 1. The second kappa shape index (κ2) is 4.86. The van der Waals surface area contributed by atoms with Crippen LogP contribution in [0.3, 0.4) is 0 Å². The van der Waals surface area contributed by atoms with Crippen LogP contribution in [0.1, 0.15) is 5.56 Å². The largest absolute Gasteiger partial charge is 0.324 e. The standard InChI is InChI=1S/C15H12ClN3/c1-10-8-12(16)6-7-13(10)18-15-17-9-11-4-2-3-5-14(11)19-15/h2-9H,1H3,(H,17,18,19). The van der Waals surface area contributed by atoms with Crippen LogP contribution >= 0.6 is 11.6 Å². The molecular weight excluding hydrogens is 258 g/mol. The molecule has 0 amide bonds. The van der Waals surface area contributed by atoms with Gasteiger partial charge < -0.3 is 5.32 Å². The number of anilines is 2. The van der Waals surface area contributed by atoms with Gasteiger partial charge in [-0.2, -0.15) is 0 Å². The van der Waals surface area contributed by atoms with Gasteiger partial charge in [-0.05, 0) is 36.8 Å². The molecule has 0 bridgehead atoms. The van der Waals surface area contributed by atoms with E-state index in [1.807, 2.05) is 55.6 Å². The maximum Gasteiger partial charge on any atom is 0.227 e. The van der Waals surface area contributed by atoms with E-state index in [1.54, 1.807) is 0 Å². The van der Waals surface area contributed by atoms with Gasteiger partial charge in [0.2, 0.25) is 5.95 Å². The Hall–Kier alpha value is -2.13. The minimum absolute atomic E-state index is 0.587. The average molecular weight is 270 g/mol. The zero-order chi connectivity index (χ0) is 13.2. The van der Waals surface area contributed by atoms with E-state index in [0.717, 1.165) is 27.2 Å². The lowest BCUT2D eigenvalue weighted by Crippen LogP contribution is -1.98. The molecule has 0 radical (unpaired) electrons. The summed E-state index contributed by atoms with van der Waals surface area (Å²) in [6.07, 6.45) is 1.82. The lowest BCUT2D eigenvalue weighted by atomic mass is 10.2. The van der Waals surface area contributed by atoms with Gasteiger partial charge in [0.05, 0.1) is 5.52 Å². The molecule has 0 unspecified atom stereocenters. The van der Waals surface area contributed by atoms with Crippen molar-refractivity contribution in [2.45, 2.75) is 6.92 Å². The Bertz CT molecular complexity index is 740. The first kappa shape index (κ1) is 11.9. The smallest absolute Gasteiger partial charge is 0.227 e. The molecule has 0 fully saturated rings. The highest BCUT2D eigenvalue weighted by Crippen LogP contribution is 2.22. The topological polar surface area (TPSA) is 37.8 Å². The number of benzene rings is 2. The molecule has 1 heterocycles. The van der Waals surface area contributed by atoms with E-state index in [0.29, 0.717) is 5.95 Å². The van der Waals surface area contributed by atoms with E-state index >= 15 is 0 Å². The summed E-state index contributed by atoms with van der Waals surface area (Å²) in [5, 5.41) is 4.96. The Morgan fingerprint density at radius 2 is 1.95 bits per heavy atom. The molecule has 3 nitrogen and oxygen atoms in total. The normalized spacial score (nSPS) is 10.6. The summed E-state index contributed by atoms with van der Waals surface area (Å²) in [6, 6.07) is 13.6. The first-order valence-corrected chi connectivity index (χ1v) is 6.35. The average Bonchev–Trinajstić information content (AvgIpc) is 2.42. The SMILES string of the molecule is Cc1cc(Cl)ccc1Nc1ncc2ccccc2n1. The second-order valence-electron chi connectivity index (χ2n) is 4.34. The molecule has 19 heavy (non-hydrogen) atoms. The predicted molar refractivity (Wildman–Crippen MR) is 79.0 cm³/mol. The monoisotopic (exact) mass is 269 g/mol. The van der Waals surface area contributed by atoms with Crippen LogP contribution in [-0.4, -0.2) is 9.97 Å². The molecule has 4 heteroatoms. The van der Waals surface area contributed by atoms with Crippen LogP contribution in [0, 0.1) is 6.92 Å². The number of para-hydroxylation sites is 1. The van der Waals surface area contributed by atoms with Crippen molar-refractivity contribution in [1.29, 1.82) is 0 Å². The molecule has 3 rings (SSSR count). The summed E-state index contributed by atoms with van der Waals surface area (Å²) in [5.74, 6) is 0.587. The van der Waals surface area contributed by atoms with Crippen molar-refractivity contribution in [3.8, 4) is 0 Å². The first-order valence-electron chi connectivity index (χ1n) is 5.97. The van der Waals surface area contributed by atoms with Crippen molar-refractivity contribution in [3.63, 3.8) is 0 Å². The van der Waals surface area contributed by atoms with Gasteiger partial charge in [0.15, 0.2) is 0 Å². The minimum Gasteiger partial charge on any atom is -0.324 e. The van der Waals surface area contributed by atoms with Crippen LogP contribution in [0.2, 0.25) is 5.02 Å². The first-order chi connectivity index (χ1) is 9.22. The van der Waals surface area contributed by atoms with E-state index in [9.17, 15) is 0 Å². The van der Waals surface area contributed by atoms with E-state index in [1.165, 1.54) is 0 Å². The highest BCUT2D eigenvalue weighted by Gasteiger charge is 2.03. The van der Waals surface area contributed by atoms with Crippen LogP contribution in [-0.2, 0) is 0 Å². The van der Waals surface area contributed by atoms with Gasteiger partial charge in [0.25, 0.3) is 0 Å². The summed E-state index contributed by atoms with van der Waals surface area (Å²) in [5.41, 5.74) is 2.94. The predicted octanol–water partition coefficient (Wildman–Crippen LogP) is 4.34. The number of aromatic nitrogens is 2. The molecule has 94 valence electrons. The summed E-state index contributed by atoms with van der Waals surface area (Å²) in [6.45, 7) is 2.00. The van der Waals surface area contributed by atoms with Crippen molar-refractivity contribution in [3.05, 3.63) is 59.2 Å². The Balaban J connectivity index is 1.96. The molecule has 0 aliphatic heterocycles. The third kappa shape index (κ3) is 2.51. The fourth-order valence-corrected chi connectivity index (χ4v) is 2.15. The minimum atomic E-state index is 0.587. The highest BCUT2D eigenvalue weighted by atomic mass is 35.5. The van der Waals surface area contributed by atoms with Gasteiger partial charge in [-0.25, -0.2) is 9.97 Å².